The largest absolute Gasteiger partial charge is 0.384 e. The lowest BCUT2D eigenvalue weighted by molar-refractivity contribution is -0.172. The third kappa shape index (κ3) is 1.85. The van der Waals surface area contributed by atoms with E-state index in [2.05, 4.69) is 10.2 Å². The van der Waals surface area contributed by atoms with Crippen LogP contribution in [0.2, 0.25) is 0 Å². The number of aromatic nitrogens is 2. The Kier molecular flexibility index (Phi) is 2.52. The number of carbonyl (C=O) groups excluding carboxylic acids is 3. The van der Waals surface area contributed by atoms with Gasteiger partial charge < -0.3 is 4.84 Å². The maximum atomic E-state index is 11.9. The average Bonchev–Trinajstić information content (AvgIpc) is 2.97. The highest BCUT2D eigenvalue weighted by atomic mass is 16.7. The van der Waals surface area contributed by atoms with Crippen LogP contribution in [-0.2, 0) is 14.4 Å². The minimum Gasteiger partial charge on any atom is -0.323 e. The molecule has 3 rings (SSSR count). The first kappa shape index (κ1) is 11.4. The smallest absolute Gasteiger partial charge is 0.323 e. The summed E-state index contributed by atoms with van der Waals surface area (Å²) in [4.78, 5) is 39.4. The number of carbonyl (C=O) groups is 3. The molecular formula is C12H9N3O4. The predicted molar refractivity (Wildman–Crippen MR) is 62.6 cm³/mol. The molecule has 0 atom stereocenters. The van der Waals surface area contributed by atoms with Gasteiger partial charge in [0.15, 0.2) is 5.69 Å². The van der Waals surface area contributed by atoms with Crippen LogP contribution in [0.3, 0.4) is 0 Å². The maximum absolute atomic E-state index is 11.9. The third-order valence-corrected chi connectivity index (χ3v) is 2.84. The second kappa shape index (κ2) is 4.20. The number of imide groups is 1. The van der Waals surface area contributed by atoms with Crippen molar-refractivity contribution < 1.29 is 19.2 Å². The molecule has 96 valence electrons. The summed E-state index contributed by atoms with van der Waals surface area (Å²) in [6, 6.07) is 7.00. The number of H-pyrrole nitrogens is 1. The molecule has 2 heterocycles. The first-order chi connectivity index (χ1) is 9.16. The molecule has 0 unspecified atom stereocenters. The molecule has 1 fully saturated rings. The number of para-hydroxylation sites is 1. The summed E-state index contributed by atoms with van der Waals surface area (Å²) in [6.45, 7) is 0. The van der Waals surface area contributed by atoms with Crippen molar-refractivity contribution in [1.29, 1.82) is 0 Å². The first-order valence-electron chi connectivity index (χ1n) is 5.68. The Bertz CT molecular complexity index is 675. The Labute approximate surface area is 107 Å². The fourth-order valence-corrected chi connectivity index (χ4v) is 1.90. The molecule has 7 heteroatoms. The van der Waals surface area contributed by atoms with Crippen molar-refractivity contribution >= 4 is 28.7 Å². The monoisotopic (exact) mass is 259 g/mol. The van der Waals surface area contributed by atoms with Gasteiger partial charge in [0.25, 0.3) is 11.8 Å². The van der Waals surface area contributed by atoms with Crippen molar-refractivity contribution in [3.05, 3.63) is 30.0 Å². The number of hydrogen-bond acceptors (Lipinski definition) is 5. The highest BCUT2D eigenvalue weighted by Gasteiger charge is 2.34. The van der Waals surface area contributed by atoms with Crippen LogP contribution in [-0.4, -0.2) is 33.0 Å². The Hall–Kier alpha value is -2.70. The van der Waals surface area contributed by atoms with Gasteiger partial charge in [-0.15, -0.1) is 5.06 Å². The van der Waals surface area contributed by atoms with Gasteiger partial charge in [-0.2, -0.15) is 5.10 Å². The van der Waals surface area contributed by atoms with Gasteiger partial charge in [-0.25, -0.2) is 4.79 Å². The third-order valence-electron chi connectivity index (χ3n) is 2.84. The molecule has 1 aliphatic heterocycles. The summed E-state index contributed by atoms with van der Waals surface area (Å²) in [6.07, 6.45) is 0.126. The quantitative estimate of drug-likeness (QED) is 0.804. The lowest BCUT2D eigenvalue weighted by atomic mass is 10.2. The molecule has 0 bridgehead atoms. The first-order valence-corrected chi connectivity index (χ1v) is 5.68. The van der Waals surface area contributed by atoms with Crippen LogP contribution in [0.5, 0.6) is 0 Å². The van der Waals surface area contributed by atoms with Gasteiger partial charge in [0.2, 0.25) is 0 Å². The zero-order valence-corrected chi connectivity index (χ0v) is 9.75. The van der Waals surface area contributed by atoms with E-state index in [1.807, 2.05) is 0 Å². The average molecular weight is 259 g/mol. The summed E-state index contributed by atoms with van der Waals surface area (Å²) < 4.78 is 0. The van der Waals surface area contributed by atoms with Crippen LogP contribution >= 0.6 is 0 Å². The topological polar surface area (TPSA) is 92.4 Å². The molecule has 0 aliphatic carbocycles. The second-order valence-corrected chi connectivity index (χ2v) is 4.08. The fraction of sp³-hybridized carbons (Fsp3) is 0.167. The Morgan fingerprint density at radius 1 is 1.21 bits per heavy atom. The fourth-order valence-electron chi connectivity index (χ4n) is 1.90. The van der Waals surface area contributed by atoms with Gasteiger partial charge in [0.1, 0.15) is 0 Å². The molecule has 7 nitrogen and oxygen atoms in total. The molecule has 19 heavy (non-hydrogen) atoms. The number of hydrogen-bond donors (Lipinski definition) is 1. The number of aromatic amines is 1. The second-order valence-electron chi connectivity index (χ2n) is 4.08. The Morgan fingerprint density at radius 2 is 1.89 bits per heavy atom. The highest BCUT2D eigenvalue weighted by Crippen LogP contribution is 2.18. The van der Waals surface area contributed by atoms with Crippen molar-refractivity contribution in [3.63, 3.8) is 0 Å². The van der Waals surface area contributed by atoms with Crippen LogP contribution in [0.1, 0.15) is 23.3 Å². The Balaban J connectivity index is 1.88. The zero-order chi connectivity index (χ0) is 13.4. The molecule has 0 spiro atoms. The number of nitrogens with one attached hydrogen (secondary N) is 1. The molecule has 1 aliphatic rings. The van der Waals surface area contributed by atoms with E-state index >= 15 is 0 Å². The molecule has 1 aromatic heterocycles. The van der Waals surface area contributed by atoms with Crippen LogP contribution in [0.4, 0.5) is 0 Å². The zero-order valence-electron chi connectivity index (χ0n) is 9.75. The van der Waals surface area contributed by atoms with Gasteiger partial charge in [-0.1, -0.05) is 18.2 Å². The number of nitrogens with zero attached hydrogens (tertiary/aromatic N) is 2. The standard InChI is InChI=1S/C12H9N3O4/c16-9-5-6-10(17)15(9)19-12(18)11-7-3-1-2-4-8(7)13-14-11/h1-4H,5-6H2,(H,13,14). The number of hydroxylamine groups is 2. The summed E-state index contributed by atoms with van der Waals surface area (Å²) in [5, 5.41) is 7.60. The summed E-state index contributed by atoms with van der Waals surface area (Å²) in [5.41, 5.74) is 0.719. The van der Waals surface area contributed by atoms with Crippen molar-refractivity contribution in [3.8, 4) is 0 Å². The predicted octanol–water partition coefficient (Wildman–Crippen LogP) is 0.784. The van der Waals surface area contributed by atoms with E-state index in [4.69, 9.17) is 4.84 Å². The van der Waals surface area contributed by atoms with Crippen molar-refractivity contribution in [2.24, 2.45) is 0 Å². The van der Waals surface area contributed by atoms with E-state index in [0.717, 1.165) is 0 Å². The van der Waals surface area contributed by atoms with E-state index < -0.39 is 17.8 Å². The van der Waals surface area contributed by atoms with E-state index in [1.54, 1.807) is 24.3 Å². The molecule has 0 saturated carbocycles. The van der Waals surface area contributed by atoms with Crippen LogP contribution in [0, 0.1) is 0 Å². The maximum Gasteiger partial charge on any atom is 0.384 e. The Morgan fingerprint density at radius 3 is 2.63 bits per heavy atom. The summed E-state index contributed by atoms with van der Waals surface area (Å²) in [5.74, 6) is -1.86. The minimum absolute atomic E-state index is 0.0445. The van der Waals surface area contributed by atoms with Gasteiger partial charge in [-0.05, 0) is 6.07 Å². The number of amides is 2. The van der Waals surface area contributed by atoms with Crippen LogP contribution in [0.25, 0.3) is 10.9 Å². The molecule has 2 aromatic rings. The van der Waals surface area contributed by atoms with Crippen LogP contribution in [0.15, 0.2) is 24.3 Å². The van der Waals surface area contributed by atoms with Crippen LogP contribution < -0.4 is 0 Å². The number of fused-ring (bicyclic) bond motifs is 1. The lowest BCUT2D eigenvalue weighted by Crippen LogP contribution is -2.32. The van der Waals surface area contributed by atoms with Gasteiger partial charge in [0, 0.05) is 18.2 Å². The minimum atomic E-state index is -0.832. The number of rotatable bonds is 2. The molecular weight excluding hydrogens is 250 g/mol. The van der Waals surface area contributed by atoms with Crippen molar-refractivity contribution in [2.45, 2.75) is 12.8 Å². The van der Waals surface area contributed by atoms with Gasteiger partial charge in [0.05, 0.1) is 5.52 Å². The van der Waals surface area contributed by atoms with E-state index in [0.29, 0.717) is 16.0 Å². The van der Waals surface area contributed by atoms with Crippen molar-refractivity contribution in [1.82, 2.24) is 15.3 Å². The SMILES string of the molecule is O=C(ON1C(=O)CCC1=O)c1n[nH]c2ccccc12. The van der Waals surface area contributed by atoms with Gasteiger partial charge in [-0.3, -0.25) is 14.7 Å². The highest BCUT2D eigenvalue weighted by molar-refractivity contribution is 6.05. The molecule has 1 aromatic carbocycles. The van der Waals surface area contributed by atoms with E-state index in [9.17, 15) is 14.4 Å². The summed E-state index contributed by atoms with van der Waals surface area (Å²) in [7, 11) is 0. The molecule has 0 radical (unpaired) electrons. The molecule has 1 saturated heterocycles. The summed E-state index contributed by atoms with van der Waals surface area (Å²) >= 11 is 0. The van der Waals surface area contributed by atoms with E-state index in [1.165, 1.54) is 0 Å². The molecule has 2 amide bonds. The van der Waals surface area contributed by atoms with E-state index in [-0.39, 0.29) is 18.5 Å². The normalized spacial score (nSPS) is 15.3. The van der Waals surface area contributed by atoms with Crippen molar-refractivity contribution in [2.75, 3.05) is 0 Å². The lowest BCUT2D eigenvalue weighted by Gasteiger charge is -2.11. The molecule has 1 N–H and O–H groups in total. The van der Waals surface area contributed by atoms with Gasteiger partial charge >= 0.3 is 5.97 Å². The number of benzene rings is 1.